The number of hydrogen-bond donors (Lipinski definition) is 0. The molecule has 1 fully saturated rings. The fraction of sp³-hybridized carbons (Fsp3) is 0.529. The van der Waals surface area contributed by atoms with E-state index in [1.807, 2.05) is 58.0 Å². The van der Waals surface area contributed by atoms with E-state index >= 15 is 0 Å². The van der Waals surface area contributed by atoms with Crippen molar-refractivity contribution in [1.29, 1.82) is 5.26 Å². The van der Waals surface area contributed by atoms with E-state index in [1.165, 1.54) is 0 Å². The Bertz CT molecular complexity index is 540. The molecule has 0 N–H and O–H groups in total. The van der Waals surface area contributed by atoms with Crippen molar-refractivity contribution in [2.24, 2.45) is 10.8 Å². The highest BCUT2D eigenvalue weighted by Crippen LogP contribution is 2.74. The topological polar surface area (TPSA) is 44.1 Å². The summed E-state index contributed by atoms with van der Waals surface area (Å²) in [6, 6.07) is 12.3. The van der Waals surface area contributed by atoms with Gasteiger partial charge in [-0.05, 0) is 19.4 Å². The fourth-order valence-electron chi connectivity index (χ4n) is 3.49. The molecule has 0 bridgehead atoms. The molecule has 1 aromatic carbocycles. The molecule has 3 heteroatoms. The molecule has 0 saturated heterocycles. The van der Waals surface area contributed by atoms with Crippen LogP contribution in [0.5, 0.6) is 0 Å². The summed E-state index contributed by atoms with van der Waals surface area (Å²) in [6.45, 7) is 9.26. The molecule has 0 heterocycles. The second-order valence-electron chi connectivity index (χ2n) is 5.96. The Morgan fingerprint density at radius 1 is 1.25 bits per heavy atom. The van der Waals surface area contributed by atoms with Crippen LogP contribution >= 0.6 is 0 Å². The number of carbonyl (C=O) groups excluding carboxylic acids is 1. The maximum absolute atomic E-state index is 12.8. The van der Waals surface area contributed by atoms with Gasteiger partial charge in [0.2, 0.25) is 5.91 Å². The third-order valence-electron chi connectivity index (χ3n) is 4.78. The number of rotatable bonds is 4. The molecule has 2 rings (SSSR count). The Morgan fingerprint density at radius 2 is 1.80 bits per heavy atom. The van der Waals surface area contributed by atoms with Crippen LogP contribution in [0, 0.1) is 22.2 Å². The van der Waals surface area contributed by atoms with Gasteiger partial charge in [0, 0.05) is 24.4 Å². The third-order valence-corrected chi connectivity index (χ3v) is 4.78. The molecule has 2 atom stereocenters. The average Bonchev–Trinajstić information content (AvgIpc) is 2.98. The van der Waals surface area contributed by atoms with Crippen LogP contribution in [0.1, 0.15) is 39.2 Å². The zero-order chi connectivity index (χ0) is 15.0. The molecule has 106 valence electrons. The number of nitrogens with zero attached hydrogens (tertiary/aromatic N) is 2. The lowest BCUT2D eigenvalue weighted by atomic mass is 9.95. The minimum absolute atomic E-state index is 0.0192. The second-order valence-corrected chi connectivity index (χ2v) is 5.96. The van der Waals surface area contributed by atoms with E-state index in [-0.39, 0.29) is 17.2 Å². The molecule has 1 aromatic rings. The molecule has 1 amide bonds. The van der Waals surface area contributed by atoms with E-state index in [4.69, 9.17) is 0 Å². The summed E-state index contributed by atoms with van der Waals surface area (Å²) in [6.07, 6.45) is 0. The number of carbonyl (C=O) groups is 1. The van der Waals surface area contributed by atoms with Crippen molar-refractivity contribution in [1.82, 2.24) is 4.90 Å². The van der Waals surface area contributed by atoms with E-state index in [0.717, 1.165) is 5.56 Å². The smallest absolute Gasteiger partial charge is 0.244 e. The lowest BCUT2D eigenvalue weighted by Gasteiger charge is -2.23. The normalized spacial score (nSPS) is 26.6. The zero-order valence-electron chi connectivity index (χ0n) is 12.7. The molecule has 1 saturated carbocycles. The van der Waals surface area contributed by atoms with Gasteiger partial charge in [-0.15, -0.1) is 0 Å². The summed E-state index contributed by atoms with van der Waals surface area (Å²) >= 11 is 0. The van der Waals surface area contributed by atoms with Gasteiger partial charge in [-0.3, -0.25) is 4.79 Å². The first kappa shape index (κ1) is 14.6. The van der Waals surface area contributed by atoms with Gasteiger partial charge < -0.3 is 4.90 Å². The Kier molecular flexibility index (Phi) is 3.60. The van der Waals surface area contributed by atoms with E-state index in [9.17, 15) is 10.1 Å². The predicted octanol–water partition coefficient (Wildman–Crippen LogP) is 3.19. The summed E-state index contributed by atoms with van der Waals surface area (Å²) in [4.78, 5) is 14.6. The first-order chi connectivity index (χ1) is 9.47. The van der Waals surface area contributed by atoms with Crippen LogP contribution < -0.4 is 0 Å². The van der Waals surface area contributed by atoms with Crippen molar-refractivity contribution >= 4 is 5.91 Å². The van der Waals surface area contributed by atoms with E-state index < -0.39 is 5.41 Å². The summed E-state index contributed by atoms with van der Waals surface area (Å²) < 4.78 is 0. The van der Waals surface area contributed by atoms with Gasteiger partial charge in [0.05, 0.1) is 6.07 Å². The van der Waals surface area contributed by atoms with Gasteiger partial charge in [0.15, 0.2) is 0 Å². The van der Waals surface area contributed by atoms with E-state index in [0.29, 0.717) is 13.1 Å². The average molecular weight is 270 g/mol. The second kappa shape index (κ2) is 4.94. The number of benzene rings is 1. The molecule has 0 aliphatic heterocycles. The molecule has 20 heavy (non-hydrogen) atoms. The van der Waals surface area contributed by atoms with Crippen molar-refractivity contribution in [3.05, 3.63) is 35.9 Å². The highest BCUT2D eigenvalue weighted by Gasteiger charge is 2.77. The van der Waals surface area contributed by atoms with Gasteiger partial charge in [0.1, 0.15) is 5.41 Å². The van der Waals surface area contributed by atoms with Crippen LogP contribution in [-0.2, 0) is 4.79 Å². The largest absolute Gasteiger partial charge is 0.342 e. The fourth-order valence-corrected chi connectivity index (χ4v) is 3.49. The molecular formula is C17H22N2O. The monoisotopic (exact) mass is 270 g/mol. The highest BCUT2D eigenvalue weighted by atomic mass is 16.2. The summed E-state index contributed by atoms with van der Waals surface area (Å²) in [5.41, 5.74) is -0.150. The molecule has 0 aromatic heterocycles. The molecular weight excluding hydrogens is 248 g/mol. The first-order valence-corrected chi connectivity index (χ1v) is 7.22. The first-order valence-electron chi connectivity index (χ1n) is 7.22. The van der Waals surface area contributed by atoms with Gasteiger partial charge >= 0.3 is 0 Å². The number of nitriles is 1. The van der Waals surface area contributed by atoms with Crippen LogP contribution in [0.3, 0.4) is 0 Å². The predicted molar refractivity (Wildman–Crippen MR) is 78.9 cm³/mol. The SMILES string of the molecule is CCN(CC)C(=O)C1(C#N)C(c2ccccc2)C1(C)C. The third kappa shape index (κ3) is 1.75. The lowest BCUT2D eigenvalue weighted by molar-refractivity contribution is -0.135. The zero-order valence-corrected chi connectivity index (χ0v) is 12.7. The lowest BCUT2D eigenvalue weighted by Crippen LogP contribution is -2.38. The minimum Gasteiger partial charge on any atom is -0.342 e. The van der Waals surface area contributed by atoms with E-state index in [1.54, 1.807) is 4.90 Å². The summed E-state index contributed by atoms with van der Waals surface area (Å²) in [5.74, 6) is -0.0434. The van der Waals surface area contributed by atoms with Gasteiger partial charge in [0.25, 0.3) is 0 Å². The number of hydrogen-bond acceptors (Lipinski definition) is 2. The van der Waals surface area contributed by atoms with Crippen molar-refractivity contribution in [2.75, 3.05) is 13.1 Å². The van der Waals surface area contributed by atoms with Crippen molar-refractivity contribution in [2.45, 2.75) is 33.6 Å². The van der Waals surface area contributed by atoms with Gasteiger partial charge in [-0.2, -0.15) is 5.26 Å². The van der Waals surface area contributed by atoms with Gasteiger partial charge in [-0.1, -0.05) is 44.2 Å². The quantitative estimate of drug-likeness (QED) is 0.843. The molecule has 0 spiro atoms. The van der Waals surface area contributed by atoms with Crippen LogP contribution in [0.2, 0.25) is 0 Å². The van der Waals surface area contributed by atoms with Crippen molar-refractivity contribution in [3.63, 3.8) is 0 Å². The Morgan fingerprint density at radius 3 is 2.25 bits per heavy atom. The maximum atomic E-state index is 12.8. The Balaban J connectivity index is 2.43. The standard InChI is InChI=1S/C17H22N2O/c1-5-19(6-2)15(20)17(12-18)14(16(17,3)4)13-10-8-7-9-11-13/h7-11,14H,5-6H2,1-4H3. The molecule has 1 aliphatic carbocycles. The van der Waals surface area contributed by atoms with Crippen LogP contribution in [-0.4, -0.2) is 23.9 Å². The molecule has 2 unspecified atom stereocenters. The van der Waals surface area contributed by atoms with Gasteiger partial charge in [-0.25, -0.2) is 0 Å². The molecule has 0 radical (unpaired) electrons. The maximum Gasteiger partial charge on any atom is 0.244 e. The number of amides is 1. The van der Waals surface area contributed by atoms with E-state index in [2.05, 4.69) is 6.07 Å². The minimum atomic E-state index is -0.916. The van der Waals surface area contributed by atoms with Crippen LogP contribution in [0.4, 0.5) is 0 Å². The van der Waals surface area contributed by atoms with Crippen LogP contribution in [0.15, 0.2) is 30.3 Å². The van der Waals surface area contributed by atoms with Crippen molar-refractivity contribution < 1.29 is 4.79 Å². The van der Waals surface area contributed by atoms with Crippen molar-refractivity contribution in [3.8, 4) is 6.07 Å². The summed E-state index contributed by atoms with van der Waals surface area (Å²) in [7, 11) is 0. The molecule has 3 nitrogen and oxygen atoms in total. The molecule has 1 aliphatic rings. The summed E-state index contributed by atoms with van der Waals surface area (Å²) in [5, 5.41) is 9.74. The van der Waals surface area contributed by atoms with Crippen LogP contribution in [0.25, 0.3) is 0 Å². The Hall–Kier alpha value is -1.82. The highest BCUT2D eigenvalue weighted by molar-refractivity contribution is 5.92. The Labute approximate surface area is 121 Å².